The van der Waals surface area contributed by atoms with Gasteiger partial charge >= 0.3 is 0 Å². The third-order valence-corrected chi connectivity index (χ3v) is 13.9. The Hall–Kier alpha value is -11.0. The predicted octanol–water partition coefficient (Wildman–Crippen LogP) is 15.4. The average molecular weight is 1010 g/mol. The summed E-state index contributed by atoms with van der Waals surface area (Å²) in [7, 11) is 0. The lowest BCUT2D eigenvalue weighted by Gasteiger charge is -2.16. The first-order valence-electron chi connectivity index (χ1n) is 25.9. The summed E-state index contributed by atoms with van der Waals surface area (Å²) in [4.78, 5) is 50.7. The number of fused-ring (bicyclic) bond motifs is 3. The minimum Gasteiger partial charge on any atom is -0.309 e. The van der Waals surface area contributed by atoms with Crippen molar-refractivity contribution in [2.75, 3.05) is 0 Å². The van der Waals surface area contributed by atoms with Gasteiger partial charge in [0.25, 0.3) is 0 Å². The average Bonchev–Trinajstić information content (AvgIpc) is 4.12. The number of rotatable bonds is 11. The Morgan fingerprint density at radius 3 is 0.848 bits per heavy atom. The summed E-state index contributed by atoms with van der Waals surface area (Å²) in [6.45, 7) is 0. The molecule has 0 aliphatic carbocycles. The standard InChI is InChI=1S/C68H43N11/c1-7-19-45(20-8-1)60-70-61(46-21-9-2-10-22-46)74-66(73-60)51-31-34-55-56-35-32-52(67-75-62(47-23-11-3-12-24-47)71-63(76-67)48-25-13-4-14-26-48)42-59(56)79(58(55)41-51)53-33-36-54(44-37-39-69-40-38-44)57(43-53)68-77-64(49-27-15-5-16-28-49)72-65(78-68)50-29-17-6-18-30-50/h1-43H. The topological polar surface area (TPSA) is 134 Å². The van der Waals surface area contributed by atoms with Crippen LogP contribution in [0.2, 0.25) is 0 Å². The van der Waals surface area contributed by atoms with Crippen LogP contribution < -0.4 is 0 Å². The highest BCUT2D eigenvalue weighted by Gasteiger charge is 2.22. The van der Waals surface area contributed by atoms with Gasteiger partial charge in [-0.25, -0.2) is 44.9 Å². The summed E-state index contributed by atoms with van der Waals surface area (Å²) in [6.07, 6.45) is 3.62. The molecule has 0 N–H and O–H groups in total. The molecule has 0 aliphatic rings. The molecule has 9 aromatic carbocycles. The molecule has 11 heteroatoms. The van der Waals surface area contributed by atoms with Crippen LogP contribution in [0.25, 0.3) is 141 Å². The second kappa shape index (κ2) is 20.2. The molecule has 0 amide bonds. The van der Waals surface area contributed by atoms with Gasteiger partial charge in [-0.3, -0.25) is 4.98 Å². The van der Waals surface area contributed by atoms with Gasteiger partial charge in [0.05, 0.1) is 11.0 Å². The molecule has 370 valence electrons. The van der Waals surface area contributed by atoms with E-state index in [1.54, 1.807) is 0 Å². The normalized spacial score (nSPS) is 11.3. The van der Waals surface area contributed by atoms with E-state index in [0.717, 1.165) is 88.7 Å². The molecule has 5 aromatic heterocycles. The summed E-state index contributed by atoms with van der Waals surface area (Å²) in [5.41, 5.74) is 12.3. The maximum Gasteiger partial charge on any atom is 0.164 e. The lowest BCUT2D eigenvalue weighted by Crippen LogP contribution is -2.03. The van der Waals surface area contributed by atoms with Crippen molar-refractivity contribution < 1.29 is 0 Å². The fourth-order valence-corrected chi connectivity index (χ4v) is 10.0. The first-order valence-corrected chi connectivity index (χ1v) is 25.9. The second-order valence-corrected chi connectivity index (χ2v) is 18.9. The van der Waals surface area contributed by atoms with Crippen molar-refractivity contribution in [2.45, 2.75) is 0 Å². The number of pyridine rings is 1. The number of aromatic nitrogens is 11. The Morgan fingerprint density at radius 1 is 0.215 bits per heavy atom. The lowest BCUT2D eigenvalue weighted by molar-refractivity contribution is 1.07. The van der Waals surface area contributed by atoms with E-state index in [1.165, 1.54) is 0 Å². The maximum absolute atomic E-state index is 5.28. The van der Waals surface area contributed by atoms with E-state index in [4.69, 9.17) is 44.9 Å². The summed E-state index contributed by atoms with van der Waals surface area (Å²) in [5, 5.41) is 2.04. The van der Waals surface area contributed by atoms with E-state index in [0.29, 0.717) is 52.4 Å². The van der Waals surface area contributed by atoms with E-state index in [1.807, 2.05) is 207 Å². The molecule has 0 aliphatic heterocycles. The highest BCUT2D eigenvalue weighted by atomic mass is 15.1. The molecule has 79 heavy (non-hydrogen) atoms. The largest absolute Gasteiger partial charge is 0.309 e. The zero-order valence-corrected chi connectivity index (χ0v) is 42.2. The van der Waals surface area contributed by atoms with Crippen molar-refractivity contribution in [1.82, 2.24) is 54.4 Å². The molecule has 0 atom stereocenters. The van der Waals surface area contributed by atoms with Crippen molar-refractivity contribution in [3.8, 4) is 119 Å². The first-order chi connectivity index (χ1) is 39.1. The summed E-state index contributed by atoms with van der Waals surface area (Å²) in [6, 6.07) is 83.6. The quantitative estimate of drug-likeness (QED) is 0.123. The Kier molecular flexibility index (Phi) is 11.9. The van der Waals surface area contributed by atoms with Gasteiger partial charge in [0.2, 0.25) is 0 Å². The minimum absolute atomic E-state index is 0.516. The maximum atomic E-state index is 5.28. The fraction of sp³-hybridized carbons (Fsp3) is 0. The zero-order valence-electron chi connectivity index (χ0n) is 42.2. The van der Waals surface area contributed by atoms with Gasteiger partial charge in [-0.05, 0) is 47.5 Å². The van der Waals surface area contributed by atoms with E-state index >= 15 is 0 Å². The van der Waals surface area contributed by atoms with Crippen LogP contribution in [0, 0.1) is 0 Å². The first kappa shape index (κ1) is 46.5. The lowest BCUT2D eigenvalue weighted by atomic mass is 9.98. The number of benzene rings is 9. The van der Waals surface area contributed by atoms with Crippen molar-refractivity contribution in [3.63, 3.8) is 0 Å². The summed E-state index contributed by atoms with van der Waals surface area (Å²) >= 11 is 0. The molecule has 0 unspecified atom stereocenters. The number of nitrogens with zero attached hydrogens (tertiary/aromatic N) is 11. The Labute approximate surface area is 454 Å². The van der Waals surface area contributed by atoms with Gasteiger partial charge in [0.15, 0.2) is 52.4 Å². The molecule has 0 radical (unpaired) electrons. The van der Waals surface area contributed by atoms with Crippen LogP contribution in [0.3, 0.4) is 0 Å². The molecule has 11 nitrogen and oxygen atoms in total. The van der Waals surface area contributed by atoms with Gasteiger partial charge in [-0.15, -0.1) is 0 Å². The third kappa shape index (κ3) is 9.13. The molecule has 0 spiro atoms. The Balaban J connectivity index is 1.03. The van der Waals surface area contributed by atoms with Crippen LogP contribution in [0.1, 0.15) is 0 Å². The van der Waals surface area contributed by atoms with Gasteiger partial charge in [-0.2, -0.15) is 0 Å². The molecule has 0 saturated carbocycles. The molecule has 0 fully saturated rings. The van der Waals surface area contributed by atoms with Crippen LogP contribution in [0.5, 0.6) is 0 Å². The molecule has 14 rings (SSSR count). The molecule has 5 heterocycles. The summed E-state index contributed by atoms with van der Waals surface area (Å²) < 4.78 is 2.30. The highest BCUT2D eigenvalue weighted by Crippen LogP contribution is 2.40. The van der Waals surface area contributed by atoms with E-state index in [-0.39, 0.29) is 0 Å². The summed E-state index contributed by atoms with van der Waals surface area (Å²) in [5.74, 6) is 5.04. The number of hydrogen-bond donors (Lipinski definition) is 0. The number of hydrogen-bond acceptors (Lipinski definition) is 10. The van der Waals surface area contributed by atoms with Crippen LogP contribution in [-0.2, 0) is 0 Å². The fourth-order valence-electron chi connectivity index (χ4n) is 10.0. The van der Waals surface area contributed by atoms with E-state index in [2.05, 4.69) is 64.1 Å². The Morgan fingerprint density at radius 2 is 0.519 bits per heavy atom. The second-order valence-electron chi connectivity index (χ2n) is 18.9. The van der Waals surface area contributed by atoms with Gasteiger partial charge in [0, 0.05) is 78.9 Å². The van der Waals surface area contributed by atoms with Crippen molar-refractivity contribution >= 4 is 21.8 Å². The van der Waals surface area contributed by atoms with Crippen LogP contribution in [0.4, 0.5) is 0 Å². The molecule has 14 aromatic rings. The van der Waals surface area contributed by atoms with Crippen LogP contribution >= 0.6 is 0 Å². The molecular formula is C68H43N11. The molecule has 0 saturated heterocycles. The third-order valence-electron chi connectivity index (χ3n) is 13.9. The van der Waals surface area contributed by atoms with E-state index in [9.17, 15) is 0 Å². The smallest absolute Gasteiger partial charge is 0.164 e. The highest BCUT2D eigenvalue weighted by molar-refractivity contribution is 6.11. The van der Waals surface area contributed by atoms with Gasteiger partial charge < -0.3 is 4.57 Å². The van der Waals surface area contributed by atoms with Crippen molar-refractivity contribution in [3.05, 3.63) is 261 Å². The Bertz CT molecular complexity index is 4150. The van der Waals surface area contributed by atoms with Crippen LogP contribution in [-0.4, -0.2) is 54.4 Å². The van der Waals surface area contributed by atoms with E-state index < -0.39 is 0 Å². The van der Waals surface area contributed by atoms with Gasteiger partial charge in [-0.1, -0.05) is 212 Å². The zero-order chi connectivity index (χ0) is 52.5. The van der Waals surface area contributed by atoms with Crippen LogP contribution in [0.15, 0.2) is 261 Å². The van der Waals surface area contributed by atoms with Crippen molar-refractivity contribution in [2.24, 2.45) is 0 Å². The monoisotopic (exact) mass is 1010 g/mol. The molecular weight excluding hydrogens is 971 g/mol. The molecule has 0 bridgehead atoms. The predicted molar refractivity (Wildman–Crippen MR) is 313 cm³/mol. The van der Waals surface area contributed by atoms with Gasteiger partial charge in [0.1, 0.15) is 0 Å². The van der Waals surface area contributed by atoms with Crippen molar-refractivity contribution in [1.29, 1.82) is 0 Å². The SMILES string of the molecule is c1ccc(-c2nc(-c3ccccc3)nc(-c3ccc4c5ccc(-c6nc(-c7ccccc7)nc(-c7ccccc7)n6)cc5n(-c5ccc(-c6ccncc6)c(-c6nc(-c7ccccc7)nc(-c7ccccc7)n6)c5)c4c3)n2)cc1. The minimum atomic E-state index is 0.516.